The van der Waals surface area contributed by atoms with Gasteiger partial charge < -0.3 is 14.4 Å². The first-order valence-electron chi connectivity index (χ1n) is 8.35. The average molecular weight is 318 g/mol. The van der Waals surface area contributed by atoms with Crippen molar-refractivity contribution in [3.63, 3.8) is 0 Å². The summed E-state index contributed by atoms with van der Waals surface area (Å²) >= 11 is 0. The Morgan fingerprint density at radius 1 is 1.17 bits per heavy atom. The highest BCUT2D eigenvalue weighted by molar-refractivity contribution is 5.94. The molecule has 4 rings (SSSR count). The van der Waals surface area contributed by atoms with Crippen molar-refractivity contribution in [2.24, 2.45) is 0 Å². The monoisotopic (exact) mass is 318 g/mol. The molecule has 3 aliphatic heterocycles. The summed E-state index contributed by atoms with van der Waals surface area (Å²) in [6, 6.07) is 2.16. The van der Waals surface area contributed by atoms with Gasteiger partial charge in [-0.15, -0.1) is 0 Å². The summed E-state index contributed by atoms with van der Waals surface area (Å²) in [6.07, 6.45) is 5.24. The zero-order valence-corrected chi connectivity index (χ0v) is 13.1. The molecule has 3 atom stereocenters. The van der Waals surface area contributed by atoms with E-state index in [1.165, 1.54) is 0 Å². The molecule has 23 heavy (non-hydrogen) atoms. The number of carbonyl (C=O) groups is 1. The molecule has 124 valence electrons. The fourth-order valence-corrected chi connectivity index (χ4v) is 3.98. The van der Waals surface area contributed by atoms with Gasteiger partial charge in [-0.2, -0.15) is 10.2 Å². The van der Waals surface area contributed by atoms with Crippen LogP contribution in [0, 0.1) is 0 Å². The third kappa shape index (κ3) is 2.84. The Labute approximate surface area is 135 Å². The molecule has 4 heterocycles. The first-order valence-corrected chi connectivity index (χ1v) is 8.35. The lowest BCUT2D eigenvalue weighted by atomic mass is 9.99. The van der Waals surface area contributed by atoms with Gasteiger partial charge in [0.25, 0.3) is 5.91 Å². The molecule has 0 N–H and O–H groups in total. The van der Waals surface area contributed by atoms with Gasteiger partial charge in [-0.25, -0.2) is 0 Å². The molecule has 1 amide bonds. The van der Waals surface area contributed by atoms with Gasteiger partial charge in [0.15, 0.2) is 0 Å². The molecule has 0 spiro atoms. The Morgan fingerprint density at radius 3 is 2.83 bits per heavy atom. The highest BCUT2D eigenvalue weighted by Crippen LogP contribution is 2.33. The van der Waals surface area contributed by atoms with Crippen LogP contribution in [0.2, 0.25) is 0 Å². The maximum Gasteiger partial charge on any atom is 0.255 e. The standard InChI is InChI=1S/C16H22N4O3/c21-16(12-3-4-17-18-10-12)20-11-14(19-5-8-22-9-6-19)15-13(20)2-1-7-23-15/h3-4,10,13-15H,1-2,5-9,11H2/t13-,14-,15+/m0/s1. The van der Waals surface area contributed by atoms with Crippen LogP contribution in [0.15, 0.2) is 18.5 Å². The molecule has 0 bridgehead atoms. The van der Waals surface area contributed by atoms with Crippen molar-refractivity contribution in [2.75, 3.05) is 39.5 Å². The van der Waals surface area contributed by atoms with Crippen LogP contribution in [-0.2, 0) is 9.47 Å². The van der Waals surface area contributed by atoms with Crippen LogP contribution in [0.4, 0.5) is 0 Å². The van der Waals surface area contributed by atoms with Crippen molar-refractivity contribution in [1.29, 1.82) is 0 Å². The number of nitrogens with zero attached hydrogens (tertiary/aromatic N) is 4. The van der Waals surface area contributed by atoms with E-state index in [0.29, 0.717) is 5.56 Å². The number of aromatic nitrogens is 2. The summed E-state index contributed by atoms with van der Waals surface area (Å²) in [5.74, 6) is 0.0381. The molecule has 0 aliphatic carbocycles. The molecule has 0 unspecified atom stereocenters. The maximum absolute atomic E-state index is 12.9. The molecule has 0 aromatic carbocycles. The van der Waals surface area contributed by atoms with E-state index < -0.39 is 0 Å². The van der Waals surface area contributed by atoms with E-state index in [1.807, 2.05) is 4.90 Å². The van der Waals surface area contributed by atoms with Crippen LogP contribution in [0.3, 0.4) is 0 Å². The summed E-state index contributed by atoms with van der Waals surface area (Å²) in [7, 11) is 0. The Morgan fingerprint density at radius 2 is 2.04 bits per heavy atom. The second-order valence-corrected chi connectivity index (χ2v) is 6.35. The zero-order valence-electron chi connectivity index (χ0n) is 13.1. The Balaban J connectivity index is 1.56. The highest BCUT2D eigenvalue weighted by Gasteiger charge is 2.48. The van der Waals surface area contributed by atoms with Gasteiger partial charge >= 0.3 is 0 Å². The fraction of sp³-hybridized carbons (Fsp3) is 0.688. The second kappa shape index (κ2) is 6.51. The molecule has 3 aliphatic rings. The molecule has 1 aromatic rings. The van der Waals surface area contributed by atoms with Crippen molar-refractivity contribution < 1.29 is 14.3 Å². The Bertz CT molecular complexity index is 550. The maximum atomic E-state index is 12.9. The zero-order chi connectivity index (χ0) is 15.6. The fourth-order valence-electron chi connectivity index (χ4n) is 3.98. The summed E-state index contributed by atoms with van der Waals surface area (Å²) < 4.78 is 11.5. The number of amides is 1. The normalized spacial score (nSPS) is 31.8. The van der Waals surface area contributed by atoms with Crippen LogP contribution in [0.1, 0.15) is 23.2 Å². The molecular formula is C16H22N4O3. The van der Waals surface area contributed by atoms with Crippen molar-refractivity contribution in [3.8, 4) is 0 Å². The minimum absolute atomic E-state index is 0.0381. The number of hydrogen-bond acceptors (Lipinski definition) is 6. The number of carbonyl (C=O) groups excluding carboxylic acids is 1. The second-order valence-electron chi connectivity index (χ2n) is 6.35. The number of ether oxygens (including phenoxy) is 2. The van der Waals surface area contributed by atoms with E-state index in [0.717, 1.165) is 52.3 Å². The summed E-state index contributed by atoms with van der Waals surface area (Å²) in [5, 5.41) is 7.59. The number of fused-ring (bicyclic) bond motifs is 1. The van der Waals surface area contributed by atoms with E-state index in [2.05, 4.69) is 15.1 Å². The van der Waals surface area contributed by atoms with Gasteiger partial charge in [0.2, 0.25) is 0 Å². The molecule has 3 saturated heterocycles. The Hall–Kier alpha value is -1.57. The molecule has 3 fully saturated rings. The van der Waals surface area contributed by atoms with Crippen molar-refractivity contribution >= 4 is 5.91 Å². The van der Waals surface area contributed by atoms with Crippen molar-refractivity contribution in [1.82, 2.24) is 20.0 Å². The van der Waals surface area contributed by atoms with Gasteiger partial charge in [0.1, 0.15) is 0 Å². The van der Waals surface area contributed by atoms with E-state index in [9.17, 15) is 4.79 Å². The average Bonchev–Trinajstić information content (AvgIpc) is 3.02. The molecule has 0 radical (unpaired) electrons. The quantitative estimate of drug-likeness (QED) is 0.775. The smallest absolute Gasteiger partial charge is 0.255 e. The predicted octanol–water partition coefficient (Wildman–Crippen LogP) is 0.181. The number of hydrogen-bond donors (Lipinski definition) is 0. The summed E-state index contributed by atoms with van der Waals surface area (Å²) in [5.41, 5.74) is 0.604. The topological polar surface area (TPSA) is 67.8 Å². The minimum atomic E-state index is 0.0381. The van der Waals surface area contributed by atoms with Crippen LogP contribution in [-0.4, -0.2) is 83.5 Å². The third-order valence-corrected chi connectivity index (χ3v) is 5.10. The molecule has 7 heteroatoms. The van der Waals surface area contributed by atoms with Gasteiger partial charge in [-0.1, -0.05) is 0 Å². The summed E-state index contributed by atoms with van der Waals surface area (Å²) in [4.78, 5) is 17.3. The largest absolute Gasteiger partial charge is 0.379 e. The molecular weight excluding hydrogens is 296 g/mol. The van der Waals surface area contributed by atoms with Crippen molar-refractivity contribution in [3.05, 3.63) is 24.0 Å². The lowest BCUT2D eigenvalue weighted by molar-refractivity contribution is -0.0578. The molecule has 0 saturated carbocycles. The van der Waals surface area contributed by atoms with Crippen LogP contribution in [0.25, 0.3) is 0 Å². The van der Waals surface area contributed by atoms with Gasteiger partial charge in [-0.3, -0.25) is 9.69 Å². The number of likely N-dealkylation sites (tertiary alicyclic amines) is 1. The van der Waals surface area contributed by atoms with E-state index in [4.69, 9.17) is 9.47 Å². The molecule has 7 nitrogen and oxygen atoms in total. The van der Waals surface area contributed by atoms with Gasteiger partial charge in [0, 0.05) is 26.2 Å². The van der Waals surface area contributed by atoms with Crippen LogP contribution >= 0.6 is 0 Å². The van der Waals surface area contributed by atoms with Crippen LogP contribution < -0.4 is 0 Å². The highest BCUT2D eigenvalue weighted by atomic mass is 16.5. The van der Waals surface area contributed by atoms with E-state index >= 15 is 0 Å². The third-order valence-electron chi connectivity index (χ3n) is 5.10. The lowest BCUT2D eigenvalue weighted by Gasteiger charge is -2.37. The first-order chi connectivity index (χ1) is 11.3. The van der Waals surface area contributed by atoms with Gasteiger partial charge in [0.05, 0.1) is 49.4 Å². The number of morpholine rings is 1. The lowest BCUT2D eigenvalue weighted by Crippen LogP contribution is -2.51. The number of rotatable bonds is 2. The Kier molecular flexibility index (Phi) is 4.24. The van der Waals surface area contributed by atoms with Crippen LogP contribution in [0.5, 0.6) is 0 Å². The summed E-state index contributed by atoms with van der Waals surface area (Å²) in [6.45, 7) is 4.86. The first kappa shape index (κ1) is 15.0. The molecule has 1 aromatic heterocycles. The van der Waals surface area contributed by atoms with E-state index in [-0.39, 0.29) is 24.1 Å². The predicted molar refractivity (Wildman–Crippen MR) is 82.0 cm³/mol. The van der Waals surface area contributed by atoms with Gasteiger partial charge in [-0.05, 0) is 18.9 Å². The van der Waals surface area contributed by atoms with Crippen molar-refractivity contribution in [2.45, 2.75) is 31.0 Å². The van der Waals surface area contributed by atoms with E-state index in [1.54, 1.807) is 18.5 Å². The SMILES string of the molecule is O=C(c1ccnnc1)N1C[C@H](N2CCOCC2)[C@@H]2OCCC[C@@H]21. The minimum Gasteiger partial charge on any atom is -0.379 e.